The number of benzene rings is 3. The van der Waals surface area contributed by atoms with E-state index in [1.807, 2.05) is 48.5 Å². The van der Waals surface area contributed by atoms with Gasteiger partial charge < -0.3 is 18.9 Å². The van der Waals surface area contributed by atoms with Gasteiger partial charge >= 0.3 is 0 Å². The van der Waals surface area contributed by atoms with Crippen LogP contribution in [0.3, 0.4) is 0 Å². The van der Waals surface area contributed by atoms with E-state index in [2.05, 4.69) is 10.5 Å². The lowest BCUT2D eigenvalue weighted by molar-refractivity contribution is 0.0954. The molecule has 0 heterocycles. The Morgan fingerprint density at radius 2 is 1.39 bits per heavy atom. The Bertz CT molecular complexity index is 1010. The highest BCUT2D eigenvalue weighted by Gasteiger charge is 2.09. The zero-order valence-electron chi connectivity index (χ0n) is 17.6. The van der Waals surface area contributed by atoms with Crippen LogP contribution in [-0.4, -0.2) is 33.5 Å². The van der Waals surface area contributed by atoms with Gasteiger partial charge in [-0.25, -0.2) is 5.43 Å². The number of carbonyl (C=O) groups excluding carboxylic acids is 1. The van der Waals surface area contributed by atoms with Crippen molar-refractivity contribution in [3.05, 3.63) is 83.4 Å². The maximum absolute atomic E-state index is 12.3. The number of methoxy groups -OCH3 is 3. The van der Waals surface area contributed by atoms with E-state index in [0.29, 0.717) is 23.7 Å². The number of carbonyl (C=O) groups is 1. The number of ether oxygens (including phenoxy) is 4. The van der Waals surface area contributed by atoms with Gasteiger partial charge in [0.1, 0.15) is 29.6 Å². The summed E-state index contributed by atoms with van der Waals surface area (Å²) in [5.74, 6) is 2.23. The Hall–Kier alpha value is -4.00. The molecule has 0 atom stereocenters. The second-order valence-corrected chi connectivity index (χ2v) is 6.51. The van der Waals surface area contributed by atoms with Gasteiger partial charge in [0.15, 0.2) is 0 Å². The molecular weight excluding hydrogens is 396 g/mol. The monoisotopic (exact) mass is 420 g/mol. The smallest absolute Gasteiger partial charge is 0.271 e. The topological polar surface area (TPSA) is 78.4 Å². The maximum atomic E-state index is 12.3. The van der Waals surface area contributed by atoms with E-state index in [1.54, 1.807) is 31.5 Å². The largest absolute Gasteiger partial charge is 0.497 e. The second kappa shape index (κ2) is 10.7. The SMILES string of the molecule is COc1ccc(COc2ccc(C=NNC(=O)c3cc(OC)cc(OC)c3)cc2)cc1. The lowest BCUT2D eigenvalue weighted by atomic mass is 10.2. The van der Waals surface area contributed by atoms with Crippen molar-refractivity contribution in [2.45, 2.75) is 6.61 Å². The summed E-state index contributed by atoms with van der Waals surface area (Å²) in [5, 5.41) is 4.01. The van der Waals surface area contributed by atoms with Gasteiger partial charge in [-0.15, -0.1) is 0 Å². The number of hydrazone groups is 1. The molecule has 0 aliphatic rings. The fourth-order valence-corrected chi connectivity index (χ4v) is 2.71. The molecule has 0 saturated heterocycles. The number of nitrogens with one attached hydrogen (secondary N) is 1. The van der Waals surface area contributed by atoms with Crippen molar-refractivity contribution in [3.63, 3.8) is 0 Å². The highest BCUT2D eigenvalue weighted by Crippen LogP contribution is 2.22. The Morgan fingerprint density at radius 3 is 1.97 bits per heavy atom. The number of rotatable bonds is 9. The molecule has 1 N–H and O–H groups in total. The minimum absolute atomic E-state index is 0.368. The first kappa shape index (κ1) is 21.7. The van der Waals surface area contributed by atoms with Crippen molar-refractivity contribution in [3.8, 4) is 23.0 Å². The Balaban J connectivity index is 1.53. The highest BCUT2D eigenvalue weighted by atomic mass is 16.5. The number of nitrogens with zero attached hydrogens (tertiary/aromatic N) is 1. The third-order valence-corrected chi connectivity index (χ3v) is 4.44. The van der Waals surface area contributed by atoms with Gasteiger partial charge in [0.2, 0.25) is 0 Å². The standard InChI is InChI=1S/C24H24N2O5/c1-28-20-8-6-18(7-9-20)16-31-21-10-4-17(5-11-21)15-25-26-24(27)19-12-22(29-2)14-23(13-19)30-3/h4-15H,16H2,1-3H3,(H,26,27). The van der Waals surface area contributed by atoms with E-state index >= 15 is 0 Å². The Labute approximate surface area is 181 Å². The lowest BCUT2D eigenvalue weighted by Gasteiger charge is -2.08. The van der Waals surface area contributed by atoms with Gasteiger partial charge in [0.25, 0.3) is 5.91 Å². The van der Waals surface area contributed by atoms with Crippen LogP contribution in [0, 0.1) is 0 Å². The molecule has 3 aromatic rings. The summed E-state index contributed by atoms with van der Waals surface area (Å²) in [6.07, 6.45) is 1.56. The molecule has 0 aliphatic heterocycles. The summed E-state index contributed by atoms with van der Waals surface area (Å²) in [6.45, 7) is 0.456. The molecule has 0 saturated carbocycles. The lowest BCUT2D eigenvalue weighted by Crippen LogP contribution is -2.17. The minimum Gasteiger partial charge on any atom is -0.497 e. The van der Waals surface area contributed by atoms with Crippen LogP contribution in [-0.2, 0) is 6.61 Å². The molecule has 160 valence electrons. The number of hydrogen-bond donors (Lipinski definition) is 1. The highest BCUT2D eigenvalue weighted by molar-refractivity contribution is 5.95. The average molecular weight is 420 g/mol. The van der Waals surface area contributed by atoms with Crippen molar-refractivity contribution >= 4 is 12.1 Å². The predicted octanol–water partition coefficient (Wildman–Crippen LogP) is 4.06. The van der Waals surface area contributed by atoms with Gasteiger partial charge in [-0.3, -0.25) is 4.79 Å². The molecule has 7 nitrogen and oxygen atoms in total. The summed E-state index contributed by atoms with van der Waals surface area (Å²) in [5.41, 5.74) is 4.75. The maximum Gasteiger partial charge on any atom is 0.271 e. The third-order valence-electron chi connectivity index (χ3n) is 4.44. The fourth-order valence-electron chi connectivity index (χ4n) is 2.71. The van der Waals surface area contributed by atoms with Crippen LogP contribution < -0.4 is 24.4 Å². The van der Waals surface area contributed by atoms with Gasteiger partial charge in [-0.05, 0) is 59.7 Å². The van der Waals surface area contributed by atoms with Crippen molar-refractivity contribution in [2.75, 3.05) is 21.3 Å². The normalized spacial score (nSPS) is 10.5. The fraction of sp³-hybridized carbons (Fsp3) is 0.167. The van der Waals surface area contributed by atoms with Crippen LogP contribution in [0.2, 0.25) is 0 Å². The van der Waals surface area contributed by atoms with E-state index in [-0.39, 0.29) is 5.91 Å². The van der Waals surface area contributed by atoms with Crippen molar-refractivity contribution in [2.24, 2.45) is 5.10 Å². The van der Waals surface area contributed by atoms with Gasteiger partial charge in [-0.2, -0.15) is 5.10 Å². The quantitative estimate of drug-likeness (QED) is 0.417. The van der Waals surface area contributed by atoms with E-state index < -0.39 is 0 Å². The zero-order valence-corrected chi connectivity index (χ0v) is 17.6. The van der Waals surface area contributed by atoms with Crippen LogP contribution in [0.4, 0.5) is 0 Å². The minimum atomic E-state index is -0.368. The van der Waals surface area contributed by atoms with E-state index in [1.165, 1.54) is 14.2 Å². The molecule has 0 fully saturated rings. The summed E-state index contributed by atoms with van der Waals surface area (Å²) >= 11 is 0. The molecule has 3 aromatic carbocycles. The summed E-state index contributed by atoms with van der Waals surface area (Å²) in [6, 6.07) is 20.0. The van der Waals surface area contributed by atoms with Crippen LogP contribution in [0.25, 0.3) is 0 Å². The summed E-state index contributed by atoms with van der Waals surface area (Å²) in [7, 11) is 4.69. The second-order valence-electron chi connectivity index (χ2n) is 6.51. The van der Waals surface area contributed by atoms with Crippen LogP contribution >= 0.6 is 0 Å². The van der Waals surface area contributed by atoms with Crippen LogP contribution in [0.1, 0.15) is 21.5 Å². The van der Waals surface area contributed by atoms with Gasteiger partial charge in [-0.1, -0.05) is 12.1 Å². The molecule has 0 spiro atoms. The van der Waals surface area contributed by atoms with E-state index in [9.17, 15) is 4.79 Å². The first-order valence-electron chi connectivity index (χ1n) is 9.53. The van der Waals surface area contributed by atoms with E-state index in [0.717, 1.165) is 22.6 Å². The van der Waals surface area contributed by atoms with Gasteiger partial charge in [0.05, 0.1) is 27.5 Å². The molecule has 0 unspecified atom stereocenters. The Morgan fingerprint density at radius 1 is 0.806 bits per heavy atom. The molecule has 0 aromatic heterocycles. The third kappa shape index (κ3) is 6.24. The average Bonchev–Trinajstić information content (AvgIpc) is 2.83. The molecule has 1 amide bonds. The number of amides is 1. The zero-order chi connectivity index (χ0) is 22.1. The molecule has 0 aliphatic carbocycles. The van der Waals surface area contributed by atoms with Crippen molar-refractivity contribution in [1.82, 2.24) is 5.43 Å². The Kier molecular flexibility index (Phi) is 7.48. The molecule has 3 rings (SSSR count). The molecule has 7 heteroatoms. The molecule has 0 bridgehead atoms. The molecule has 31 heavy (non-hydrogen) atoms. The molecule has 0 radical (unpaired) electrons. The van der Waals surface area contributed by atoms with Gasteiger partial charge in [0, 0.05) is 11.6 Å². The van der Waals surface area contributed by atoms with Crippen LogP contribution in [0.15, 0.2) is 71.8 Å². The number of hydrogen-bond acceptors (Lipinski definition) is 6. The first-order chi connectivity index (χ1) is 15.1. The molecular formula is C24H24N2O5. The first-order valence-corrected chi connectivity index (χ1v) is 9.53. The van der Waals surface area contributed by atoms with Crippen LogP contribution in [0.5, 0.6) is 23.0 Å². The van der Waals surface area contributed by atoms with Crippen molar-refractivity contribution < 1.29 is 23.7 Å². The predicted molar refractivity (Wildman–Crippen MR) is 118 cm³/mol. The van der Waals surface area contributed by atoms with Crippen molar-refractivity contribution in [1.29, 1.82) is 0 Å². The summed E-state index contributed by atoms with van der Waals surface area (Å²) < 4.78 is 21.3. The summed E-state index contributed by atoms with van der Waals surface area (Å²) in [4.78, 5) is 12.3. The van der Waals surface area contributed by atoms with E-state index in [4.69, 9.17) is 18.9 Å².